The maximum Gasteiger partial charge on any atom is 0.0941 e. The van der Waals surface area contributed by atoms with Crippen molar-refractivity contribution in [3.05, 3.63) is 0 Å². The van der Waals surface area contributed by atoms with Gasteiger partial charge >= 0.3 is 0 Å². The molecule has 106 valence electrons. The Kier molecular flexibility index (Phi) is 4.71. The molecular weight excluding hydrogens is 224 g/mol. The molecule has 0 radical (unpaired) electrons. The van der Waals surface area contributed by atoms with Crippen molar-refractivity contribution in [3.8, 4) is 0 Å². The lowest BCUT2D eigenvalue weighted by molar-refractivity contribution is -0.154. The number of methoxy groups -OCH3 is 1. The average molecular weight is 254 g/mol. The lowest BCUT2D eigenvalue weighted by Gasteiger charge is -2.46. The second-order valence-electron chi connectivity index (χ2n) is 6.94. The van der Waals surface area contributed by atoms with Gasteiger partial charge < -0.3 is 9.84 Å². The summed E-state index contributed by atoms with van der Waals surface area (Å²) in [5, 5.41) is 10.8. The van der Waals surface area contributed by atoms with Gasteiger partial charge in [-0.15, -0.1) is 0 Å². The Morgan fingerprint density at radius 2 is 1.72 bits per heavy atom. The standard InChI is InChI=1S/C16H30O2/c1-12-6-8-14(9-7-12)15(17)16(18-3)10-4-5-13(2)11-16/h12-15,17H,4-11H2,1-3H3. The van der Waals surface area contributed by atoms with Crippen LogP contribution in [-0.4, -0.2) is 23.9 Å². The van der Waals surface area contributed by atoms with E-state index in [0.29, 0.717) is 11.8 Å². The highest BCUT2D eigenvalue weighted by Crippen LogP contribution is 2.43. The summed E-state index contributed by atoms with van der Waals surface area (Å²) in [7, 11) is 1.80. The van der Waals surface area contributed by atoms with E-state index in [4.69, 9.17) is 4.74 Å². The first kappa shape index (κ1) is 14.3. The van der Waals surface area contributed by atoms with Crippen LogP contribution in [0.2, 0.25) is 0 Å². The first-order chi connectivity index (χ1) is 8.57. The number of hydrogen-bond donors (Lipinski definition) is 1. The molecule has 0 aliphatic heterocycles. The summed E-state index contributed by atoms with van der Waals surface area (Å²) in [6.07, 6.45) is 9.24. The molecule has 2 fully saturated rings. The molecule has 18 heavy (non-hydrogen) atoms. The summed E-state index contributed by atoms with van der Waals surface area (Å²) in [4.78, 5) is 0. The van der Waals surface area contributed by atoms with Crippen LogP contribution in [0.25, 0.3) is 0 Å². The Morgan fingerprint density at radius 3 is 2.28 bits per heavy atom. The molecule has 2 nitrogen and oxygen atoms in total. The predicted octanol–water partition coefficient (Wildman–Crippen LogP) is 3.77. The van der Waals surface area contributed by atoms with Gasteiger partial charge in [0.1, 0.15) is 0 Å². The van der Waals surface area contributed by atoms with Gasteiger partial charge in [-0.1, -0.05) is 39.5 Å². The van der Waals surface area contributed by atoms with E-state index in [2.05, 4.69) is 13.8 Å². The fourth-order valence-corrected chi connectivity index (χ4v) is 4.15. The molecule has 2 aliphatic carbocycles. The smallest absolute Gasteiger partial charge is 0.0941 e. The van der Waals surface area contributed by atoms with Crippen LogP contribution in [-0.2, 0) is 4.74 Å². The summed E-state index contributed by atoms with van der Waals surface area (Å²) in [5.41, 5.74) is -0.247. The van der Waals surface area contributed by atoms with Gasteiger partial charge in [0, 0.05) is 7.11 Å². The minimum absolute atomic E-state index is 0.247. The monoisotopic (exact) mass is 254 g/mol. The quantitative estimate of drug-likeness (QED) is 0.830. The third-order valence-electron chi connectivity index (χ3n) is 5.44. The maximum absolute atomic E-state index is 10.8. The fraction of sp³-hybridized carbons (Fsp3) is 1.00. The Balaban J connectivity index is 2.02. The topological polar surface area (TPSA) is 29.5 Å². The predicted molar refractivity (Wildman–Crippen MR) is 74.5 cm³/mol. The molecule has 0 amide bonds. The van der Waals surface area contributed by atoms with E-state index in [0.717, 1.165) is 18.8 Å². The molecule has 1 N–H and O–H groups in total. The van der Waals surface area contributed by atoms with Crippen LogP contribution >= 0.6 is 0 Å². The second-order valence-corrected chi connectivity index (χ2v) is 6.94. The van der Waals surface area contributed by atoms with Crippen molar-refractivity contribution in [2.45, 2.75) is 76.9 Å². The van der Waals surface area contributed by atoms with E-state index >= 15 is 0 Å². The van der Waals surface area contributed by atoms with Crippen molar-refractivity contribution in [2.24, 2.45) is 17.8 Å². The SMILES string of the molecule is COC1(C(O)C2CCC(C)CC2)CCCC(C)C1. The summed E-state index contributed by atoms with van der Waals surface area (Å²) in [5.74, 6) is 2.00. The summed E-state index contributed by atoms with van der Waals surface area (Å²) in [6.45, 7) is 4.62. The number of ether oxygens (including phenoxy) is 1. The lowest BCUT2D eigenvalue weighted by Crippen LogP contribution is -2.51. The lowest BCUT2D eigenvalue weighted by atomic mass is 9.69. The first-order valence-corrected chi connectivity index (χ1v) is 7.80. The highest BCUT2D eigenvalue weighted by molar-refractivity contribution is 4.96. The summed E-state index contributed by atoms with van der Waals surface area (Å²) >= 11 is 0. The molecule has 2 aliphatic rings. The maximum atomic E-state index is 10.8. The normalized spacial score (nSPS) is 43.7. The van der Waals surface area contributed by atoms with Gasteiger partial charge in [0.05, 0.1) is 11.7 Å². The Hall–Kier alpha value is -0.0800. The molecule has 0 bridgehead atoms. The van der Waals surface area contributed by atoms with E-state index in [1.54, 1.807) is 7.11 Å². The van der Waals surface area contributed by atoms with Crippen LogP contribution in [0.1, 0.15) is 65.2 Å². The van der Waals surface area contributed by atoms with E-state index in [9.17, 15) is 5.11 Å². The van der Waals surface area contributed by atoms with Crippen LogP contribution in [0.3, 0.4) is 0 Å². The van der Waals surface area contributed by atoms with Gasteiger partial charge in [0.2, 0.25) is 0 Å². The van der Waals surface area contributed by atoms with Crippen LogP contribution in [0.15, 0.2) is 0 Å². The van der Waals surface area contributed by atoms with Crippen LogP contribution < -0.4 is 0 Å². The van der Waals surface area contributed by atoms with Gasteiger partial charge in [-0.25, -0.2) is 0 Å². The highest BCUT2D eigenvalue weighted by atomic mass is 16.5. The van der Waals surface area contributed by atoms with Gasteiger partial charge in [-0.2, -0.15) is 0 Å². The molecule has 0 saturated heterocycles. The van der Waals surface area contributed by atoms with Gasteiger partial charge in [0.15, 0.2) is 0 Å². The molecule has 2 saturated carbocycles. The molecule has 3 unspecified atom stereocenters. The average Bonchev–Trinajstić information content (AvgIpc) is 2.38. The van der Waals surface area contributed by atoms with Crippen molar-refractivity contribution in [3.63, 3.8) is 0 Å². The second kappa shape index (κ2) is 5.92. The van der Waals surface area contributed by atoms with Crippen LogP contribution in [0.5, 0.6) is 0 Å². The van der Waals surface area contributed by atoms with Crippen molar-refractivity contribution >= 4 is 0 Å². The number of hydrogen-bond acceptors (Lipinski definition) is 2. The Labute approximate surface area is 112 Å². The van der Waals surface area contributed by atoms with E-state index in [1.165, 1.54) is 38.5 Å². The zero-order valence-electron chi connectivity index (χ0n) is 12.3. The summed E-state index contributed by atoms with van der Waals surface area (Å²) < 4.78 is 5.84. The fourth-order valence-electron chi connectivity index (χ4n) is 4.15. The summed E-state index contributed by atoms with van der Waals surface area (Å²) in [6, 6.07) is 0. The zero-order valence-corrected chi connectivity index (χ0v) is 12.3. The Morgan fingerprint density at radius 1 is 1.06 bits per heavy atom. The first-order valence-electron chi connectivity index (χ1n) is 7.80. The molecule has 0 aromatic rings. The molecule has 0 aromatic heterocycles. The van der Waals surface area contributed by atoms with Crippen molar-refractivity contribution in [2.75, 3.05) is 7.11 Å². The van der Waals surface area contributed by atoms with E-state index in [-0.39, 0.29) is 11.7 Å². The highest BCUT2D eigenvalue weighted by Gasteiger charge is 2.45. The minimum atomic E-state index is -0.252. The van der Waals surface area contributed by atoms with Crippen LogP contribution in [0.4, 0.5) is 0 Å². The van der Waals surface area contributed by atoms with Gasteiger partial charge in [-0.05, 0) is 43.4 Å². The number of rotatable bonds is 3. The molecule has 3 atom stereocenters. The molecule has 0 spiro atoms. The number of aliphatic hydroxyl groups excluding tert-OH is 1. The zero-order chi connectivity index (χ0) is 13.2. The van der Waals surface area contributed by atoms with Crippen molar-refractivity contribution in [1.29, 1.82) is 0 Å². The number of aliphatic hydroxyl groups is 1. The third kappa shape index (κ3) is 2.91. The molecule has 2 heteroatoms. The molecule has 0 aromatic carbocycles. The Bertz CT molecular complexity index is 258. The molecular formula is C16H30O2. The molecule has 0 heterocycles. The van der Waals surface area contributed by atoms with E-state index < -0.39 is 0 Å². The van der Waals surface area contributed by atoms with Crippen molar-refractivity contribution < 1.29 is 9.84 Å². The minimum Gasteiger partial charge on any atom is -0.390 e. The van der Waals surface area contributed by atoms with E-state index in [1.807, 2.05) is 0 Å². The molecule has 2 rings (SSSR count). The van der Waals surface area contributed by atoms with Gasteiger partial charge in [-0.3, -0.25) is 0 Å². The largest absolute Gasteiger partial charge is 0.390 e. The van der Waals surface area contributed by atoms with Gasteiger partial charge in [0.25, 0.3) is 0 Å². The van der Waals surface area contributed by atoms with Crippen molar-refractivity contribution in [1.82, 2.24) is 0 Å². The third-order valence-corrected chi connectivity index (χ3v) is 5.44. The van der Waals surface area contributed by atoms with Crippen LogP contribution in [0, 0.1) is 17.8 Å².